The first-order valence-electron chi connectivity index (χ1n) is 3.82. The van der Waals surface area contributed by atoms with Crippen molar-refractivity contribution >= 4 is 10.1 Å². The van der Waals surface area contributed by atoms with Gasteiger partial charge in [0.15, 0.2) is 0 Å². The summed E-state index contributed by atoms with van der Waals surface area (Å²) in [6.45, 7) is 6.70. The number of allylic oxidation sites excluding steroid dienone is 2. The van der Waals surface area contributed by atoms with Crippen LogP contribution in [0, 0.1) is 0 Å². The van der Waals surface area contributed by atoms with Gasteiger partial charge in [-0.1, -0.05) is 12.2 Å². The summed E-state index contributed by atoms with van der Waals surface area (Å²) < 4.78 is 29.7. The zero-order chi connectivity index (χ0) is 10.5. The summed E-state index contributed by atoms with van der Waals surface area (Å²) in [5, 5.41) is 0. The van der Waals surface area contributed by atoms with Gasteiger partial charge in [-0.2, -0.15) is 8.42 Å². The van der Waals surface area contributed by atoms with E-state index in [4.69, 9.17) is 10.3 Å². The second kappa shape index (κ2) is 4.55. The average molecular weight is 205 g/mol. The molecule has 0 aliphatic carbocycles. The Morgan fingerprint density at radius 1 is 1.31 bits per heavy atom. The summed E-state index contributed by atoms with van der Waals surface area (Å²) in [5.41, 5.74) is 5.33. The highest BCUT2D eigenvalue weighted by Gasteiger charge is 2.39. The van der Waals surface area contributed by atoms with Gasteiger partial charge < -0.3 is 5.73 Å². The standard InChI is InChI=1S/C8H15NO3S/c1-3-5-8(7-9,6-4-2)13(10,11)12/h3-4H,1-2,5-7,9H2,(H,10,11,12). The Bertz CT molecular complexity index is 272. The first kappa shape index (κ1) is 12.3. The van der Waals surface area contributed by atoms with Crippen LogP contribution in [0.1, 0.15) is 12.8 Å². The van der Waals surface area contributed by atoms with E-state index in [1.165, 1.54) is 12.2 Å². The quantitative estimate of drug-likeness (QED) is 0.494. The Balaban J connectivity index is 5.08. The van der Waals surface area contributed by atoms with Crippen molar-refractivity contribution in [2.24, 2.45) is 5.73 Å². The van der Waals surface area contributed by atoms with Crippen molar-refractivity contribution < 1.29 is 13.0 Å². The summed E-state index contributed by atoms with van der Waals surface area (Å²) >= 11 is 0. The van der Waals surface area contributed by atoms with Crippen molar-refractivity contribution in [3.8, 4) is 0 Å². The van der Waals surface area contributed by atoms with Crippen LogP contribution in [0.3, 0.4) is 0 Å². The lowest BCUT2D eigenvalue weighted by Crippen LogP contribution is -2.44. The molecule has 0 unspecified atom stereocenters. The predicted molar refractivity (Wildman–Crippen MR) is 53.0 cm³/mol. The van der Waals surface area contributed by atoms with E-state index in [1.54, 1.807) is 0 Å². The summed E-state index contributed by atoms with van der Waals surface area (Å²) in [5.74, 6) is 0. The lowest BCUT2D eigenvalue weighted by atomic mass is 10.0. The average Bonchev–Trinajstić information content (AvgIpc) is 2.02. The predicted octanol–water partition coefficient (Wildman–Crippen LogP) is 0.724. The largest absolute Gasteiger partial charge is 0.329 e. The van der Waals surface area contributed by atoms with Gasteiger partial charge >= 0.3 is 0 Å². The topological polar surface area (TPSA) is 80.4 Å². The Hall–Kier alpha value is -0.650. The van der Waals surface area contributed by atoms with E-state index in [2.05, 4.69) is 13.2 Å². The third kappa shape index (κ3) is 2.65. The molecule has 76 valence electrons. The number of hydrogen-bond acceptors (Lipinski definition) is 3. The van der Waals surface area contributed by atoms with Gasteiger partial charge in [0.25, 0.3) is 10.1 Å². The van der Waals surface area contributed by atoms with E-state index in [0.717, 1.165) is 0 Å². The molecule has 0 amide bonds. The minimum Gasteiger partial charge on any atom is -0.329 e. The van der Waals surface area contributed by atoms with E-state index in [1.807, 2.05) is 0 Å². The van der Waals surface area contributed by atoms with Gasteiger partial charge in [-0.15, -0.1) is 13.2 Å². The van der Waals surface area contributed by atoms with Gasteiger partial charge in [0.2, 0.25) is 0 Å². The first-order chi connectivity index (χ1) is 5.93. The smallest absolute Gasteiger partial charge is 0.272 e. The molecule has 0 atom stereocenters. The van der Waals surface area contributed by atoms with Crippen LogP contribution in [-0.4, -0.2) is 24.3 Å². The first-order valence-corrected chi connectivity index (χ1v) is 5.26. The molecule has 0 aliphatic rings. The molecular weight excluding hydrogens is 190 g/mol. The van der Waals surface area contributed by atoms with Crippen LogP contribution < -0.4 is 5.73 Å². The molecule has 0 heterocycles. The molecule has 0 bridgehead atoms. The molecule has 0 radical (unpaired) electrons. The van der Waals surface area contributed by atoms with E-state index < -0.39 is 14.9 Å². The molecule has 0 fully saturated rings. The van der Waals surface area contributed by atoms with Crippen LogP contribution >= 0.6 is 0 Å². The molecule has 4 nitrogen and oxygen atoms in total. The lowest BCUT2D eigenvalue weighted by Gasteiger charge is -2.26. The lowest BCUT2D eigenvalue weighted by molar-refractivity contribution is 0.422. The SMILES string of the molecule is C=CCC(CN)(CC=C)S(=O)(=O)O. The number of hydrogen-bond donors (Lipinski definition) is 2. The third-order valence-corrected chi connectivity index (χ3v) is 3.55. The second-order valence-electron chi connectivity index (χ2n) is 2.85. The molecule has 0 saturated carbocycles. The zero-order valence-corrected chi connectivity index (χ0v) is 8.26. The highest BCUT2D eigenvalue weighted by molar-refractivity contribution is 7.87. The fourth-order valence-electron chi connectivity index (χ4n) is 1.09. The summed E-state index contributed by atoms with van der Waals surface area (Å²) in [7, 11) is -4.17. The highest BCUT2D eigenvalue weighted by atomic mass is 32.2. The van der Waals surface area contributed by atoms with Crippen molar-refractivity contribution in [1.82, 2.24) is 0 Å². The summed E-state index contributed by atoms with van der Waals surface area (Å²) in [4.78, 5) is 0. The van der Waals surface area contributed by atoms with Crippen LogP contribution in [0.25, 0.3) is 0 Å². The monoisotopic (exact) mass is 205 g/mol. The van der Waals surface area contributed by atoms with Crippen molar-refractivity contribution in [1.29, 1.82) is 0 Å². The van der Waals surface area contributed by atoms with Gasteiger partial charge in [0.05, 0.1) is 0 Å². The van der Waals surface area contributed by atoms with Gasteiger partial charge in [0.1, 0.15) is 4.75 Å². The molecule has 0 rings (SSSR count). The number of nitrogens with two attached hydrogens (primary N) is 1. The second-order valence-corrected chi connectivity index (χ2v) is 4.66. The fraction of sp³-hybridized carbons (Fsp3) is 0.500. The molecule has 0 saturated heterocycles. The van der Waals surface area contributed by atoms with Crippen molar-refractivity contribution in [3.63, 3.8) is 0 Å². The molecule has 0 spiro atoms. The minimum atomic E-state index is -4.17. The zero-order valence-electron chi connectivity index (χ0n) is 7.44. The third-order valence-electron chi connectivity index (χ3n) is 1.95. The summed E-state index contributed by atoms with van der Waals surface area (Å²) in [6, 6.07) is 0. The maximum atomic E-state index is 11.0. The molecule has 0 aromatic rings. The molecule has 13 heavy (non-hydrogen) atoms. The summed E-state index contributed by atoms with van der Waals surface area (Å²) in [6.07, 6.45) is 3.08. The Labute approximate surface area is 78.9 Å². The van der Waals surface area contributed by atoms with E-state index >= 15 is 0 Å². The Morgan fingerprint density at radius 2 is 1.69 bits per heavy atom. The van der Waals surface area contributed by atoms with Crippen LogP contribution in [0.15, 0.2) is 25.3 Å². The Kier molecular flexibility index (Phi) is 4.32. The van der Waals surface area contributed by atoms with Crippen molar-refractivity contribution in [2.75, 3.05) is 6.54 Å². The maximum Gasteiger partial charge on any atom is 0.272 e. The fourth-order valence-corrected chi connectivity index (χ4v) is 1.96. The molecule has 0 aromatic heterocycles. The van der Waals surface area contributed by atoms with E-state index in [9.17, 15) is 8.42 Å². The van der Waals surface area contributed by atoms with Gasteiger partial charge in [0, 0.05) is 6.54 Å². The molecule has 5 heteroatoms. The highest BCUT2D eigenvalue weighted by Crippen LogP contribution is 2.24. The van der Waals surface area contributed by atoms with E-state index in [-0.39, 0.29) is 19.4 Å². The van der Waals surface area contributed by atoms with Crippen LogP contribution in [-0.2, 0) is 10.1 Å². The van der Waals surface area contributed by atoms with Gasteiger partial charge in [-0.05, 0) is 12.8 Å². The maximum absolute atomic E-state index is 11.0. The number of rotatable bonds is 6. The van der Waals surface area contributed by atoms with Crippen LogP contribution in [0.2, 0.25) is 0 Å². The van der Waals surface area contributed by atoms with Crippen molar-refractivity contribution in [2.45, 2.75) is 17.6 Å². The Morgan fingerprint density at radius 3 is 1.85 bits per heavy atom. The van der Waals surface area contributed by atoms with Crippen LogP contribution in [0.5, 0.6) is 0 Å². The van der Waals surface area contributed by atoms with Crippen molar-refractivity contribution in [3.05, 3.63) is 25.3 Å². The van der Waals surface area contributed by atoms with Gasteiger partial charge in [-0.3, -0.25) is 4.55 Å². The van der Waals surface area contributed by atoms with E-state index in [0.29, 0.717) is 0 Å². The molecule has 3 N–H and O–H groups in total. The molecule has 0 aromatic carbocycles. The van der Waals surface area contributed by atoms with Crippen LogP contribution in [0.4, 0.5) is 0 Å². The molecule has 0 aliphatic heterocycles. The van der Waals surface area contributed by atoms with Gasteiger partial charge in [-0.25, -0.2) is 0 Å². The minimum absolute atomic E-state index is 0.119. The normalized spacial score (nSPS) is 12.5. The molecular formula is C8H15NO3S.